The molecule has 0 spiro atoms. The number of ether oxygens (including phenoxy) is 1. The number of hydrogen-bond donors (Lipinski definition) is 1. The summed E-state index contributed by atoms with van der Waals surface area (Å²) in [5.74, 6) is 0.719. The second kappa shape index (κ2) is 9.95. The second-order valence-electron chi connectivity index (χ2n) is 6.58. The highest BCUT2D eigenvalue weighted by Crippen LogP contribution is 2.28. The quantitative estimate of drug-likeness (QED) is 0.282. The van der Waals surface area contributed by atoms with Gasteiger partial charge in [0.2, 0.25) is 5.95 Å². The summed E-state index contributed by atoms with van der Waals surface area (Å²) in [6.45, 7) is 0.489. The highest BCUT2D eigenvalue weighted by Gasteiger charge is 2.15. The van der Waals surface area contributed by atoms with E-state index in [1.807, 2.05) is 6.07 Å². The number of anilines is 1. The number of halogens is 4. The van der Waals surface area contributed by atoms with Crippen LogP contribution in [0.2, 0.25) is 15.1 Å². The molecule has 7 nitrogen and oxygen atoms in total. The zero-order valence-corrected chi connectivity index (χ0v) is 20.0. The van der Waals surface area contributed by atoms with Crippen LogP contribution in [0.15, 0.2) is 63.7 Å². The Morgan fingerprint density at radius 2 is 1.94 bits per heavy atom. The fourth-order valence-electron chi connectivity index (χ4n) is 2.73. The Bertz CT molecular complexity index is 1270. The molecule has 0 atom stereocenters. The molecule has 2 heterocycles. The number of aromatic nitrogens is 3. The number of nitrogens with zero attached hydrogens (tertiary/aromatic N) is 3. The second-order valence-corrected chi connectivity index (χ2v) is 8.75. The molecule has 0 aliphatic carbocycles. The minimum Gasteiger partial charge on any atom is -0.484 e. The van der Waals surface area contributed by atoms with Crippen LogP contribution in [0, 0.1) is 0 Å². The van der Waals surface area contributed by atoms with Gasteiger partial charge in [0.25, 0.3) is 5.91 Å². The maximum atomic E-state index is 12.5. The Labute approximate surface area is 206 Å². The van der Waals surface area contributed by atoms with E-state index in [9.17, 15) is 4.79 Å². The molecule has 0 saturated heterocycles. The minimum atomic E-state index is -0.486. The first-order valence-electron chi connectivity index (χ1n) is 9.18. The molecule has 2 aromatic carbocycles. The minimum absolute atomic E-state index is 0.0996. The molecule has 0 unspecified atom stereocenters. The molecule has 0 fully saturated rings. The molecule has 0 radical (unpaired) electrons. The monoisotopic (exact) mass is 554 g/mol. The van der Waals surface area contributed by atoms with Crippen LogP contribution in [0.25, 0.3) is 0 Å². The Hall–Kier alpha value is -2.52. The molecule has 0 bridgehead atoms. The van der Waals surface area contributed by atoms with Crippen LogP contribution in [-0.4, -0.2) is 20.7 Å². The molecule has 11 heteroatoms. The van der Waals surface area contributed by atoms with Crippen molar-refractivity contribution in [3.8, 4) is 5.75 Å². The Balaban J connectivity index is 1.35. The molecule has 2 aromatic heterocycles. The van der Waals surface area contributed by atoms with Crippen molar-refractivity contribution in [1.29, 1.82) is 0 Å². The van der Waals surface area contributed by atoms with Crippen molar-refractivity contribution in [3.05, 3.63) is 91.5 Å². The van der Waals surface area contributed by atoms with Crippen molar-refractivity contribution in [3.63, 3.8) is 0 Å². The van der Waals surface area contributed by atoms with Gasteiger partial charge in [-0.15, -0.1) is 5.10 Å². The summed E-state index contributed by atoms with van der Waals surface area (Å²) in [4.78, 5) is 16.5. The molecule has 4 aromatic rings. The summed E-state index contributed by atoms with van der Waals surface area (Å²) in [5.41, 5.74) is 0.820. The number of nitrogens with one attached hydrogen (secondary N) is 1. The third kappa shape index (κ3) is 5.63. The molecule has 164 valence electrons. The largest absolute Gasteiger partial charge is 0.484 e. The Morgan fingerprint density at radius 1 is 1.09 bits per heavy atom. The first-order valence-corrected chi connectivity index (χ1v) is 11.1. The number of benzene rings is 2. The predicted octanol–water partition coefficient (Wildman–Crippen LogP) is 6.47. The van der Waals surface area contributed by atoms with Crippen LogP contribution in [0.3, 0.4) is 0 Å². The predicted molar refractivity (Wildman–Crippen MR) is 126 cm³/mol. The molecule has 0 saturated carbocycles. The Morgan fingerprint density at radius 3 is 2.72 bits per heavy atom. The molecule has 1 N–H and O–H groups in total. The molecular weight excluding hydrogens is 543 g/mol. The number of rotatable bonds is 7. The number of carbonyl (C=O) groups excluding carboxylic acids is 1. The van der Waals surface area contributed by atoms with Gasteiger partial charge < -0.3 is 9.15 Å². The molecule has 0 aliphatic heterocycles. The maximum absolute atomic E-state index is 12.5. The molecule has 0 aliphatic rings. The molecule has 4 rings (SSSR count). The van der Waals surface area contributed by atoms with E-state index in [0.29, 0.717) is 33.1 Å². The molecule has 32 heavy (non-hydrogen) atoms. The van der Waals surface area contributed by atoms with Gasteiger partial charge >= 0.3 is 0 Å². The van der Waals surface area contributed by atoms with Crippen LogP contribution in [0.4, 0.5) is 5.95 Å². The standard InChI is InChI=1S/C21H14BrCl3N4O3/c22-13-2-5-18(17(25)7-13)31-10-15-4-6-19(32-15)20(30)27-21-26-11-29(28-21)9-12-1-3-14(23)8-16(12)24/h1-8,11H,9-10H2,(H,27,28,30). The third-order valence-corrected chi connectivity index (χ3v) is 5.63. The fourth-order valence-corrected chi connectivity index (χ4v) is 3.93. The highest BCUT2D eigenvalue weighted by atomic mass is 79.9. The summed E-state index contributed by atoms with van der Waals surface area (Å²) in [5, 5.41) is 8.36. The van der Waals surface area contributed by atoms with Gasteiger partial charge in [0.1, 0.15) is 24.4 Å². The van der Waals surface area contributed by atoms with Crippen molar-refractivity contribution < 1.29 is 13.9 Å². The topological polar surface area (TPSA) is 82.2 Å². The first kappa shape index (κ1) is 22.7. The van der Waals surface area contributed by atoms with Gasteiger partial charge in [-0.2, -0.15) is 0 Å². The van der Waals surface area contributed by atoms with Crippen LogP contribution >= 0.6 is 50.7 Å². The van der Waals surface area contributed by atoms with Crippen LogP contribution < -0.4 is 10.1 Å². The van der Waals surface area contributed by atoms with E-state index < -0.39 is 5.91 Å². The van der Waals surface area contributed by atoms with Crippen LogP contribution in [0.1, 0.15) is 21.9 Å². The van der Waals surface area contributed by atoms with Gasteiger partial charge in [-0.25, -0.2) is 9.67 Å². The highest BCUT2D eigenvalue weighted by molar-refractivity contribution is 9.10. The number of hydrogen-bond acceptors (Lipinski definition) is 5. The van der Waals surface area contributed by atoms with Gasteiger partial charge in [0, 0.05) is 14.5 Å². The zero-order chi connectivity index (χ0) is 22.7. The van der Waals surface area contributed by atoms with Gasteiger partial charge in [0.05, 0.1) is 11.6 Å². The number of amides is 1. The van der Waals surface area contributed by atoms with Gasteiger partial charge in [-0.05, 0) is 48.0 Å². The van der Waals surface area contributed by atoms with E-state index in [0.717, 1.165) is 10.0 Å². The number of carbonyl (C=O) groups is 1. The van der Waals surface area contributed by atoms with Crippen LogP contribution in [0.5, 0.6) is 5.75 Å². The van der Waals surface area contributed by atoms with Gasteiger partial charge in [-0.1, -0.05) is 56.8 Å². The van der Waals surface area contributed by atoms with Gasteiger partial charge in [-0.3, -0.25) is 10.1 Å². The number of furan rings is 1. The van der Waals surface area contributed by atoms with Crippen molar-refractivity contribution in [2.75, 3.05) is 5.32 Å². The van der Waals surface area contributed by atoms with Crippen molar-refractivity contribution in [2.24, 2.45) is 0 Å². The average molecular weight is 557 g/mol. The van der Waals surface area contributed by atoms with Crippen molar-refractivity contribution in [2.45, 2.75) is 13.2 Å². The van der Waals surface area contributed by atoms with E-state index >= 15 is 0 Å². The fraction of sp³-hybridized carbons (Fsp3) is 0.0952. The van der Waals surface area contributed by atoms with E-state index in [2.05, 4.69) is 31.3 Å². The van der Waals surface area contributed by atoms with Gasteiger partial charge in [0.15, 0.2) is 5.76 Å². The lowest BCUT2D eigenvalue weighted by molar-refractivity contribution is 0.0991. The molecular formula is C21H14BrCl3N4O3. The normalized spacial score (nSPS) is 10.9. The summed E-state index contributed by atoms with van der Waals surface area (Å²) < 4.78 is 13.6. The molecule has 1 amide bonds. The third-order valence-electron chi connectivity index (χ3n) is 4.26. The van der Waals surface area contributed by atoms with E-state index in [-0.39, 0.29) is 18.3 Å². The summed E-state index contributed by atoms with van der Waals surface area (Å²) in [6, 6.07) is 13.7. The zero-order valence-electron chi connectivity index (χ0n) is 16.2. The Kier molecular flexibility index (Phi) is 7.05. The van der Waals surface area contributed by atoms with Crippen molar-refractivity contribution in [1.82, 2.24) is 14.8 Å². The maximum Gasteiger partial charge on any atom is 0.293 e. The first-order chi connectivity index (χ1) is 15.4. The summed E-state index contributed by atoms with van der Waals surface area (Å²) >= 11 is 21.6. The summed E-state index contributed by atoms with van der Waals surface area (Å²) in [7, 11) is 0. The van der Waals surface area contributed by atoms with E-state index in [1.54, 1.807) is 47.1 Å². The lowest BCUT2D eigenvalue weighted by Crippen LogP contribution is -2.12. The van der Waals surface area contributed by atoms with E-state index in [4.69, 9.17) is 44.0 Å². The SMILES string of the molecule is O=C(Nc1ncn(Cc2ccc(Cl)cc2Cl)n1)c1ccc(COc2ccc(Br)cc2Cl)o1. The van der Waals surface area contributed by atoms with E-state index in [1.165, 1.54) is 6.33 Å². The summed E-state index contributed by atoms with van der Waals surface area (Å²) in [6.07, 6.45) is 1.49. The smallest absolute Gasteiger partial charge is 0.293 e. The lowest BCUT2D eigenvalue weighted by atomic mass is 10.2. The van der Waals surface area contributed by atoms with Crippen LogP contribution in [-0.2, 0) is 13.2 Å². The van der Waals surface area contributed by atoms with Crippen molar-refractivity contribution >= 4 is 62.6 Å². The lowest BCUT2D eigenvalue weighted by Gasteiger charge is -2.06. The average Bonchev–Trinajstić information content (AvgIpc) is 3.39.